The lowest BCUT2D eigenvalue weighted by Crippen LogP contribution is -2.49. The molecule has 0 aliphatic heterocycles. The van der Waals surface area contributed by atoms with E-state index in [2.05, 4.69) is 22.2 Å². The van der Waals surface area contributed by atoms with Crippen molar-refractivity contribution in [2.45, 2.75) is 6.92 Å². The fourth-order valence-electron chi connectivity index (χ4n) is 3.06. The SMILES string of the molecule is Cc1c(C(=O)NC(=S)NNC(=O)COc2ccc(-c3ccc(C#N)cc3)cc2)cccc1[N+](=O)[O-]. The van der Waals surface area contributed by atoms with E-state index in [4.69, 9.17) is 22.2 Å². The average Bonchev–Trinajstić information content (AvgIpc) is 2.86. The van der Waals surface area contributed by atoms with E-state index in [0.717, 1.165) is 11.1 Å². The molecular formula is C24H19N5O5S. The minimum absolute atomic E-state index is 0.0856. The van der Waals surface area contributed by atoms with Gasteiger partial charge in [0.1, 0.15) is 5.75 Å². The summed E-state index contributed by atoms with van der Waals surface area (Å²) in [4.78, 5) is 34.8. The van der Waals surface area contributed by atoms with E-state index in [-0.39, 0.29) is 28.5 Å². The van der Waals surface area contributed by atoms with Gasteiger partial charge in [0.05, 0.1) is 16.6 Å². The van der Waals surface area contributed by atoms with Crippen molar-refractivity contribution in [2.24, 2.45) is 0 Å². The van der Waals surface area contributed by atoms with Crippen molar-refractivity contribution in [3.8, 4) is 22.9 Å². The van der Waals surface area contributed by atoms with Crippen molar-refractivity contribution in [2.75, 3.05) is 6.61 Å². The fraction of sp³-hybridized carbons (Fsp3) is 0.0833. The number of hydrogen-bond acceptors (Lipinski definition) is 7. The van der Waals surface area contributed by atoms with Crippen molar-refractivity contribution < 1.29 is 19.2 Å². The third-order valence-corrected chi connectivity index (χ3v) is 5.06. The number of ether oxygens (including phenoxy) is 1. The van der Waals surface area contributed by atoms with Crippen LogP contribution in [0, 0.1) is 28.4 Å². The maximum absolute atomic E-state index is 12.4. The number of hydrazine groups is 1. The predicted molar refractivity (Wildman–Crippen MR) is 131 cm³/mol. The first-order chi connectivity index (χ1) is 16.8. The van der Waals surface area contributed by atoms with E-state index in [1.165, 1.54) is 25.1 Å². The monoisotopic (exact) mass is 489 g/mol. The third kappa shape index (κ3) is 6.59. The molecule has 0 saturated heterocycles. The van der Waals surface area contributed by atoms with Crippen molar-refractivity contribution in [1.82, 2.24) is 16.2 Å². The Labute approximate surface area is 205 Å². The Hall–Kier alpha value is -4.82. The molecular weight excluding hydrogens is 470 g/mol. The van der Waals surface area contributed by atoms with Gasteiger partial charge >= 0.3 is 0 Å². The molecule has 11 heteroatoms. The molecule has 10 nitrogen and oxygen atoms in total. The Balaban J connectivity index is 1.46. The number of nitro benzene ring substituents is 1. The number of hydrogen-bond donors (Lipinski definition) is 3. The number of nitrogens with zero attached hydrogens (tertiary/aromatic N) is 2. The van der Waals surface area contributed by atoms with E-state index in [1.807, 2.05) is 24.3 Å². The first kappa shape index (κ1) is 24.8. The maximum Gasteiger partial charge on any atom is 0.276 e. The van der Waals surface area contributed by atoms with Crippen LogP contribution in [0.5, 0.6) is 5.75 Å². The lowest BCUT2D eigenvalue weighted by atomic mass is 10.0. The number of carbonyl (C=O) groups excluding carboxylic acids is 2. The maximum atomic E-state index is 12.4. The number of rotatable bonds is 6. The van der Waals surface area contributed by atoms with Crippen LogP contribution in [-0.2, 0) is 4.79 Å². The summed E-state index contributed by atoms with van der Waals surface area (Å²) in [5, 5.41) is 22.1. The van der Waals surface area contributed by atoms with Gasteiger partial charge in [-0.3, -0.25) is 35.9 Å². The minimum atomic E-state index is -0.656. The van der Waals surface area contributed by atoms with E-state index in [9.17, 15) is 19.7 Å². The van der Waals surface area contributed by atoms with Gasteiger partial charge in [0.25, 0.3) is 17.5 Å². The summed E-state index contributed by atoms with van der Waals surface area (Å²) in [5.41, 5.74) is 7.21. The van der Waals surface area contributed by atoms with Gasteiger partial charge in [-0.1, -0.05) is 30.3 Å². The van der Waals surface area contributed by atoms with Gasteiger partial charge in [0.15, 0.2) is 11.7 Å². The molecule has 0 unspecified atom stereocenters. The lowest BCUT2D eigenvalue weighted by molar-refractivity contribution is -0.385. The normalized spacial score (nSPS) is 9.94. The smallest absolute Gasteiger partial charge is 0.276 e. The molecule has 0 spiro atoms. The van der Waals surface area contributed by atoms with Crippen LogP contribution in [0.3, 0.4) is 0 Å². The average molecular weight is 490 g/mol. The fourth-order valence-corrected chi connectivity index (χ4v) is 3.20. The highest BCUT2D eigenvalue weighted by molar-refractivity contribution is 7.80. The standard InChI is InChI=1S/C24H19N5O5S/c1-15-20(3-2-4-21(15)29(32)33)23(31)26-24(35)28-27-22(30)14-34-19-11-9-18(10-12-19)17-7-5-16(13-25)6-8-17/h2-12H,14H2,1H3,(H,27,30)(H2,26,28,31,35). The minimum Gasteiger partial charge on any atom is -0.484 e. The summed E-state index contributed by atoms with van der Waals surface area (Å²) < 4.78 is 5.44. The molecule has 35 heavy (non-hydrogen) atoms. The van der Waals surface area contributed by atoms with Gasteiger partial charge in [-0.25, -0.2) is 0 Å². The molecule has 2 amide bonds. The Morgan fingerprint density at radius 3 is 2.26 bits per heavy atom. The molecule has 0 fully saturated rings. The summed E-state index contributed by atoms with van der Waals surface area (Å²) >= 11 is 4.98. The van der Waals surface area contributed by atoms with Crippen LogP contribution >= 0.6 is 12.2 Å². The van der Waals surface area contributed by atoms with Gasteiger partial charge in [-0.15, -0.1) is 0 Å². The molecule has 0 heterocycles. The highest BCUT2D eigenvalue weighted by Crippen LogP contribution is 2.23. The van der Waals surface area contributed by atoms with Gasteiger partial charge in [-0.2, -0.15) is 5.26 Å². The highest BCUT2D eigenvalue weighted by Gasteiger charge is 2.18. The number of nitrogens with one attached hydrogen (secondary N) is 3. The van der Waals surface area contributed by atoms with Crippen molar-refractivity contribution in [1.29, 1.82) is 5.26 Å². The Bertz CT molecular complexity index is 1320. The van der Waals surface area contributed by atoms with E-state index in [1.54, 1.807) is 24.3 Å². The number of nitro groups is 1. The van der Waals surface area contributed by atoms with Crippen LogP contribution in [0.15, 0.2) is 66.7 Å². The second-order valence-electron chi connectivity index (χ2n) is 7.17. The lowest BCUT2D eigenvalue weighted by Gasteiger charge is -2.12. The molecule has 0 aliphatic carbocycles. The summed E-state index contributed by atoms with van der Waals surface area (Å²) in [7, 11) is 0. The van der Waals surface area contributed by atoms with Gasteiger partial charge in [0, 0.05) is 17.2 Å². The topological polar surface area (TPSA) is 146 Å². The number of amides is 2. The summed E-state index contributed by atoms with van der Waals surface area (Å²) in [6.07, 6.45) is 0. The number of benzene rings is 3. The Kier molecular flexibility index (Phi) is 8.05. The predicted octanol–water partition coefficient (Wildman–Crippen LogP) is 3.16. The molecule has 3 rings (SSSR count). The number of nitriles is 1. The van der Waals surface area contributed by atoms with Crippen molar-refractivity contribution in [3.05, 3.63) is 93.5 Å². The van der Waals surface area contributed by atoms with Crippen LogP contribution in [-0.4, -0.2) is 28.5 Å². The zero-order chi connectivity index (χ0) is 25.4. The number of carbonyl (C=O) groups is 2. The molecule has 0 radical (unpaired) electrons. The Morgan fingerprint density at radius 2 is 1.66 bits per heavy atom. The van der Waals surface area contributed by atoms with Crippen molar-refractivity contribution in [3.63, 3.8) is 0 Å². The molecule has 3 N–H and O–H groups in total. The van der Waals surface area contributed by atoms with Crippen LogP contribution in [0.2, 0.25) is 0 Å². The van der Waals surface area contributed by atoms with E-state index < -0.39 is 16.7 Å². The van der Waals surface area contributed by atoms with Gasteiger partial charge < -0.3 is 4.74 Å². The van der Waals surface area contributed by atoms with Crippen molar-refractivity contribution >= 4 is 34.8 Å². The largest absolute Gasteiger partial charge is 0.484 e. The second kappa shape index (κ2) is 11.4. The summed E-state index contributed by atoms with van der Waals surface area (Å²) in [6, 6.07) is 20.4. The molecule has 0 aromatic heterocycles. The zero-order valence-corrected chi connectivity index (χ0v) is 19.2. The first-order valence-electron chi connectivity index (χ1n) is 10.2. The molecule has 3 aromatic carbocycles. The first-order valence-corrected chi connectivity index (χ1v) is 10.6. The zero-order valence-electron chi connectivity index (χ0n) is 18.4. The molecule has 0 atom stereocenters. The summed E-state index contributed by atoms with van der Waals surface area (Å²) in [6.45, 7) is 1.14. The molecule has 3 aromatic rings. The molecule has 0 aliphatic rings. The van der Waals surface area contributed by atoms with Crippen LogP contribution < -0.4 is 20.9 Å². The Morgan fingerprint density at radius 1 is 1.03 bits per heavy atom. The summed E-state index contributed by atoms with van der Waals surface area (Å²) in [5.74, 6) is -0.740. The van der Waals surface area contributed by atoms with E-state index >= 15 is 0 Å². The quantitative estimate of drug-likeness (QED) is 0.272. The highest BCUT2D eigenvalue weighted by atomic mass is 32.1. The molecule has 0 bridgehead atoms. The third-order valence-electron chi connectivity index (χ3n) is 4.86. The van der Waals surface area contributed by atoms with Gasteiger partial charge in [0.2, 0.25) is 0 Å². The van der Waals surface area contributed by atoms with Crippen LogP contribution in [0.4, 0.5) is 5.69 Å². The second-order valence-corrected chi connectivity index (χ2v) is 7.57. The molecule has 0 saturated carbocycles. The van der Waals surface area contributed by atoms with E-state index in [0.29, 0.717) is 11.3 Å². The molecule has 176 valence electrons. The van der Waals surface area contributed by atoms with Crippen LogP contribution in [0.1, 0.15) is 21.5 Å². The number of thiocarbonyl (C=S) groups is 1. The van der Waals surface area contributed by atoms with Gasteiger partial charge in [-0.05, 0) is 60.6 Å². The van der Waals surface area contributed by atoms with Crippen LogP contribution in [0.25, 0.3) is 11.1 Å².